The normalized spacial score (nSPS) is 11.7. The Kier molecular flexibility index (Phi) is 6.65. The molecule has 7 nitrogen and oxygen atoms in total. The number of likely N-dealkylation sites (N-methyl/N-ethyl adjacent to an activating group) is 1. The van der Waals surface area contributed by atoms with Gasteiger partial charge < -0.3 is 4.74 Å². The second-order valence-corrected chi connectivity index (χ2v) is 7.79. The van der Waals surface area contributed by atoms with Gasteiger partial charge in [0.25, 0.3) is 5.91 Å². The number of hydrogen-bond acceptors (Lipinski definition) is 5. The number of benzene rings is 2. The number of aryl methyl sites for hydroxylation is 1. The molecule has 0 saturated carbocycles. The third-order valence-corrected chi connectivity index (χ3v) is 5.49. The van der Waals surface area contributed by atoms with E-state index >= 15 is 0 Å². The number of ether oxygens (including phenoxy) is 1. The summed E-state index contributed by atoms with van der Waals surface area (Å²) in [6.07, 6.45) is 1.27. The van der Waals surface area contributed by atoms with Crippen LogP contribution in [0.15, 0.2) is 52.5 Å². The highest BCUT2D eigenvalue weighted by Crippen LogP contribution is 2.23. The van der Waals surface area contributed by atoms with Gasteiger partial charge in [-0.3, -0.25) is 4.79 Å². The number of rotatable bonds is 7. The van der Waals surface area contributed by atoms with E-state index in [1.807, 2.05) is 0 Å². The average molecular weight is 393 g/mol. The molecule has 0 aliphatic heterocycles. The number of hydrogen-bond donors (Lipinski definition) is 1. The van der Waals surface area contributed by atoms with Gasteiger partial charge in [0, 0.05) is 7.05 Å². The van der Waals surface area contributed by atoms with E-state index in [2.05, 4.69) is 10.5 Å². The second kappa shape index (κ2) is 8.74. The van der Waals surface area contributed by atoms with Crippen LogP contribution >= 0.6 is 0 Å². The molecule has 27 heavy (non-hydrogen) atoms. The molecule has 2 aromatic carbocycles. The van der Waals surface area contributed by atoms with Crippen molar-refractivity contribution in [1.82, 2.24) is 9.73 Å². The van der Waals surface area contributed by atoms with Crippen LogP contribution in [0.3, 0.4) is 0 Å². The van der Waals surface area contributed by atoms with E-state index in [0.717, 1.165) is 4.31 Å². The van der Waals surface area contributed by atoms with Gasteiger partial charge in [0.05, 0.1) is 24.8 Å². The average Bonchev–Trinajstić information content (AvgIpc) is 2.61. The van der Waals surface area contributed by atoms with Crippen LogP contribution in [0.2, 0.25) is 0 Å². The first kappa shape index (κ1) is 20.5. The Morgan fingerprint density at radius 3 is 2.67 bits per heavy atom. The summed E-state index contributed by atoms with van der Waals surface area (Å²) >= 11 is 0. The maximum atomic E-state index is 13.1. The first-order valence-corrected chi connectivity index (χ1v) is 9.36. The van der Waals surface area contributed by atoms with Crippen molar-refractivity contribution in [3.05, 3.63) is 59.4 Å². The summed E-state index contributed by atoms with van der Waals surface area (Å²) in [6, 6.07) is 10.1. The van der Waals surface area contributed by atoms with Gasteiger partial charge in [0.2, 0.25) is 10.0 Å². The molecule has 0 aliphatic rings. The third-order valence-electron chi connectivity index (χ3n) is 3.69. The van der Waals surface area contributed by atoms with Gasteiger partial charge in [0.15, 0.2) is 0 Å². The maximum absolute atomic E-state index is 13.1. The van der Waals surface area contributed by atoms with Crippen LogP contribution in [0.4, 0.5) is 4.39 Å². The topological polar surface area (TPSA) is 88.1 Å². The molecule has 0 fully saturated rings. The fraction of sp³-hybridized carbons (Fsp3) is 0.222. The lowest BCUT2D eigenvalue weighted by molar-refractivity contribution is -0.121. The second-order valence-electron chi connectivity index (χ2n) is 5.74. The van der Waals surface area contributed by atoms with Gasteiger partial charge in [-0.05, 0) is 48.4 Å². The van der Waals surface area contributed by atoms with Crippen molar-refractivity contribution in [1.29, 1.82) is 0 Å². The van der Waals surface area contributed by atoms with Crippen molar-refractivity contribution in [2.45, 2.75) is 11.8 Å². The van der Waals surface area contributed by atoms with E-state index in [4.69, 9.17) is 4.74 Å². The highest BCUT2D eigenvalue weighted by atomic mass is 32.2. The number of nitrogens with zero attached hydrogens (tertiary/aromatic N) is 2. The minimum Gasteiger partial charge on any atom is -0.496 e. The first-order chi connectivity index (χ1) is 12.7. The van der Waals surface area contributed by atoms with Gasteiger partial charge in [0.1, 0.15) is 11.6 Å². The predicted molar refractivity (Wildman–Crippen MR) is 99.7 cm³/mol. The molecule has 0 spiro atoms. The van der Waals surface area contributed by atoms with Crippen LogP contribution in [0.5, 0.6) is 5.75 Å². The maximum Gasteiger partial charge on any atom is 0.255 e. The molecule has 0 unspecified atom stereocenters. The Morgan fingerprint density at radius 2 is 2.04 bits per heavy atom. The summed E-state index contributed by atoms with van der Waals surface area (Å²) in [5.74, 6) is -0.481. The Morgan fingerprint density at radius 1 is 1.30 bits per heavy atom. The molecule has 0 aromatic heterocycles. The molecular weight excluding hydrogens is 373 g/mol. The fourth-order valence-corrected chi connectivity index (χ4v) is 3.49. The van der Waals surface area contributed by atoms with Crippen molar-refractivity contribution in [3.8, 4) is 5.75 Å². The lowest BCUT2D eigenvalue weighted by Crippen LogP contribution is -2.36. The highest BCUT2D eigenvalue weighted by Gasteiger charge is 2.23. The van der Waals surface area contributed by atoms with Crippen molar-refractivity contribution in [3.63, 3.8) is 0 Å². The standard InChI is InChI=1S/C18H20FN3O4S/c1-13-9-16(7-8-17(13)26-3)27(24,25)22(2)12-18(23)21-20-11-14-5-4-6-15(19)10-14/h4-11H,12H2,1-3H3,(H,21,23)/b20-11-. The zero-order valence-corrected chi connectivity index (χ0v) is 16.0. The molecule has 0 saturated heterocycles. The van der Waals surface area contributed by atoms with Gasteiger partial charge in [-0.15, -0.1) is 0 Å². The fourth-order valence-electron chi connectivity index (χ4n) is 2.28. The summed E-state index contributed by atoms with van der Waals surface area (Å²) in [7, 11) is -1.06. The number of sulfonamides is 1. The Balaban J connectivity index is 2.01. The molecule has 0 aliphatic carbocycles. The summed E-state index contributed by atoms with van der Waals surface area (Å²) in [5, 5.41) is 3.70. The van der Waals surface area contributed by atoms with Crippen LogP contribution < -0.4 is 10.2 Å². The summed E-state index contributed by atoms with van der Waals surface area (Å²) < 4.78 is 44.2. The number of carbonyl (C=O) groups is 1. The summed E-state index contributed by atoms with van der Waals surface area (Å²) in [6.45, 7) is 1.31. The van der Waals surface area contributed by atoms with Crippen LogP contribution in [-0.2, 0) is 14.8 Å². The lowest BCUT2D eigenvalue weighted by atomic mass is 10.2. The number of methoxy groups -OCH3 is 1. The molecular formula is C18H20FN3O4S. The van der Waals surface area contributed by atoms with Gasteiger partial charge in [-0.25, -0.2) is 18.2 Å². The first-order valence-electron chi connectivity index (χ1n) is 7.92. The van der Waals surface area contributed by atoms with E-state index in [-0.39, 0.29) is 4.90 Å². The van der Waals surface area contributed by atoms with Crippen molar-refractivity contribution in [2.75, 3.05) is 20.7 Å². The number of amides is 1. The number of halogens is 1. The van der Waals surface area contributed by atoms with Crippen LogP contribution in [0.25, 0.3) is 0 Å². The van der Waals surface area contributed by atoms with Gasteiger partial charge in [-0.1, -0.05) is 12.1 Å². The highest BCUT2D eigenvalue weighted by molar-refractivity contribution is 7.89. The van der Waals surface area contributed by atoms with Crippen LogP contribution in [0.1, 0.15) is 11.1 Å². The van der Waals surface area contributed by atoms with E-state index in [0.29, 0.717) is 16.9 Å². The molecule has 9 heteroatoms. The molecule has 0 atom stereocenters. The lowest BCUT2D eigenvalue weighted by Gasteiger charge is -2.17. The van der Waals surface area contributed by atoms with Crippen molar-refractivity contribution in [2.24, 2.45) is 5.10 Å². The van der Waals surface area contributed by atoms with Crippen LogP contribution in [-0.4, -0.2) is 45.5 Å². The summed E-state index contributed by atoms with van der Waals surface area (Å²) in [5.41, 5.74) is 3.34. The largest absolute Gasteiger partial charge is 0.496 e. The zero-order chi connectivity index (χ0) is 20.0. The molecule has 0 radical (unpaired) electrons. The molecule has 1 N–H and O–H groups in total. The van der Waals surface area contributed by atoms with Crippen LogP contribution in [0, 0.1) is 12.7 Å². The van der Waals surface area contributed by atoms with Crippen molar-refractivity contribution < 1.29 is 22.3 Å². The van der Waals surface area contributed by atoms with Crippen molar-refractivity contribution >= 4 is 22.1 Å². The molecule has 1 amide bonds. The quantitative estimate of drug-likeness (QED) is 0.575. The van der Waals surface area contributed by atoms with E-state index in [1.165, 1.54) is 50.7 Å². The zero-order valence-electron chi connectivity index (χ0n) is 15.1. The Bertz CT molecular complexity index is 961. The molecule has 144 valence electrons. The molecule has 2 aromatic rings. The number of carbonyl (C=O) groups excluding carboxylic acids is 1. The smallest absolute Gasteiger partial charge is 0.255 e. The van der Waals surface area contributed by atoms with E-state index < -0.39 is 28.3 Å². The number of hydrazone groups is 1. The van der Waals surface area contributed by atoms with Gasteiger partial charge >= 0.3 is 0 Å². The number of nitrogens with one attached hydrogen (secondary N) is 1. The van der Waals surface area contributed by atoms with Gasteiger partial charge in [-0.2, -0.15) is 9.41 Å². The molecule has 2 rings (SSSR count). The Hall–Kier alpha value is -2.78. The molecule has 0 heterocycles. The predicted octanol–water partition coefficient (Wildman–Crippen LogP) is 1.91. The Labute approximate surface area is 157 Å². The SMILES string of the molecule is COc1ccc(S(=O)(=O)N(C)CC(=O)N/N=C\c2cccc(F)c2)cc1C. The molecule has 0 bridgehead atoms. The van der Waals surface area contributed by atoms with E-state index in [1.54, 1.807) is 19.1 Å². The third kappa shape index (κ3) is 5.35. The van der Waals surface area contributed by atoms with E-state index in [9.17, 15) is 17.6 Å². The minimum absolute atomic E-state index is 0.0550. The minimum atomic E-state index is -3.85. The monoisotopic (exact) mass is 393 g/mol. The summed E-state index contributed by atoms with van der Waals surface area (Å²) in [4.78, 5) is 12.0.